The molecule has 3 rings (SSSR count). The summed E-state index contributed by atoms with van der Waals surface area (Å²) in [6.45, 7) is 0.605. The van der Waals surface area contributed by atoms with Crippen molar-refractivity contribution in [1.29, 1.82) is 0 Å². The number of aliphatic carboxylic acids is 1. The average molecular weight is 275 g/mol. The maximum Gasteiger partial charge on any atom is 0.334 e. The Kier molecular flexibility index (Phi) is 3.15. The minimum atomic E-state index is -1.06. The third kappa shape index (κ3) is 2.25. The van der Waals surface area contributed by atoms with Gasteiger partial charge < -0.3 is 19.2 Å². The summed E-state index contributed by atoms with van der Waals surface area (Å²) < 4.78 is 10.6. The number of carbonyl (C=O) groups excluding carboxylic acids is 1. The van der Waals surface area contributed by atoms with Crippen molar-refractivity contribution in [2.24, 2.45) is 0 Å². The molecular weight excluding hydrogens is 262 g/mol. The summed E-state index contributed by atoms with van der Waals surface area (Å²) in [5, 5.41) is 9.78. The van der Waals surface area contributed by atoms with Gasteiger partial charge in [0, 0.05) is 11.9 Å². The van der Waals surface area contributed by atoms with Crippen LogP contribution in [0.4, 0.5) is 0 Å². The molecular formula is C14H13NO5. The predicted molar refractivity (Wildman–Crippen MR) is 69.5 cm³/mol. The van der Waals surface area contributed by atoms with Crippen LogP contribution in [0.25, 0.3) is 11.0 Å². The van der Waals surface area contributed by atoms with Gasteiger partial charge in [-0.1, -0.05) is 18.2 Å². The molecule has 1 aliphatic heterocycles. The van der Waals surface area contributed by atoms with Crippen LogP contribution in [0.15, 0.2) is 34.7 Å². The van der Waals surface area contributed by atoms with Gasteiger partial charge in [-0.2, -0.15) is 0 Å². The second-order valence-corrected chi connectivity index (χ2v) is 4.60. The van der Waals surface area contributed by atoms with Crippen LogP contribution in [0, 0.1) is 0 Å². The maximum atomic E-state index is 12.3. The van der Waals surface area contributed by atoms with Crippen molar-refractivity contribution in [2.75, 3.05) is 19.7 Å². The zero-order valence-corrected chi connectivity index (χ0v) is 10.6. The van der Waals surface area contributed by atoms with Gasteiger partial charge in [-0.25, -0.2) is 4.79 Å². The first-order valence-corrected chi connectivity index (χ1v) is 6.27. The first-order valence-electron chi connectivity index (χ1n) is 6.27. The molecule has 20 heavy (non-hydrogen) atoms. The van der Waals surface area contributed by atoms with E-state index in [0.29, 0.717) is 12.1 Å². The lowest BCUT2D eigenvalue weighted by atomic mass is 10.2. The van der Waals surface area contributed by atoms with E-state index in [4.69, 9.17) is 14.3 Å². The fourth-order valence-electron chi connectivity index (χ4n) is 2.23. The van der Waals surface area contributed by atoms with Crippen LogP contribution in [0.5, 0.6) is 0 Å². The molecule has 6 heteroatoms. The van der Waals surface area contributed by atoms with Crippen LogP contribution in [-0.4, -0.2) is 47.7 Å². The number of fused-ring (bicyclic) bond motifs is 1. The van der Waals surface area contributed by atoms with E-state index in [1.807, 2.05) is 18.2 Å². The summed E-state index contributed by atoms with van der Waals surface area (Å²) in [7, 11) is 0. The zero-order chi connectivity index (χ0) is 14.1. The van der Waals surface area contributed by atoms with Gasteiger partial charge in [-0.3, -0.25) is 4.79 Å². The predicted octanol–water partition coefficient (Wildman–Crippen LogP) is 1.36. The third-order valence-electron chi connectivity index (χ3n) is 3.27. The van der Waals surface area contributed by atoms with E-state index >= 15 is 0 Å². The van der Waals surface area contributed by atoms with Gasteiger partial charge in [0.1, 0.15) is 5.58 Å². The number of hydrogen-bond acceptors (Lipinski definition) is 4. The molecule has 1 aromatic heterocycles. The van der Waals surface area contributed by atoms with Crippen molar-refractivity contribution in [3.8, 4) is 0 Å². The highest BCUT2D eigenvalue weighted by Crippen LogP contribution is 2.20. The molecule has 2 aromatic rings. The Morgan fingerprint density at radius 2 is 2.10 bits per heavy atom. The summed E-state index contributed by atoms with van der Waals surface area (Å²) in [6, 6.07) is 9.00. The minimum Gasteiger partial charge on any atom is -0.479 e. The summed E-state index contributed by atoms with van der Waals surface area (Å²) in [5.41, 5.74) is 0.638. The molecule has 0 spiro atoms. The van der Waals surface area contributed by atoms with Crippen LogP contribution in [0.3, 0.4) is 0 Å². The average Bonchev–Trinajstić information content (AvgIpc) is 2.90. The Bertz CT molecular complexity index is 629. The van der Waals surface area contributed by atoms with Gasteiger partial charge in [0.25, 0.3) is 5.91 Å². The quantitative estimate of drug-likeness (QED) is 0.895. The lowest BCUT2D eigenvalue weighted by molar-refractivity contribution is -0.154. The Morgan fingerprint density at radius 1 is 1.30 bits per heavy atom. The Morgan fingerprint density at radius 3 is 2.85 bits per heavy atom. The number of ether oxygens (including phenoxy) is 1. The zero-order valence-electron chi connectivity index (χ0n) is 10.6. The molecule has 1 aliphatic rings. The number of carboxylic acids is 1. The molecule has 1 amide bonds. The van der Waals surface area contributed by atoms with Gasteiger partial charge in [0.15, 0.2) is 11.9 Å². The summed E-state index contributed by atoms with van der Waals surface area (Å²) in [6.07, 6.45) is -0.975. The number of furan rings is 1. The molecule has 6 nitrogen and oxygen atoms in total. The van der Waals surface area contributed by atoms with Gasteiger partial charge in [0.2, 0.25) is 0 Å². The Balaban J connectivity index is 1.82. The van der Waals surface area contributed by atoms with Crippen LogP contribution >= 0.6 is 0 Å². The van der Waals surface area contributed by atoms with E-state index in [2.05, 4.69) is 0 Å². The van der Waals surface area contributed by atoms with Gasteiger partial charge in [0.05, 0.1) is 13.2 Å². The number of benzene rings is 1. The number of amides is 1. The molecule has 0 bridgehead atoms. The van der Waals surface area contributed by atoms with Crippen molar-refractivity contribution in [2.45, 2.75) is 6.10 Å². The van der Waals surface area contributed by atoms with Gasteiger partial charge in [-0.15, -0.1) is 0 Å². The largest absolute Gasteiger partial charge is 0.479 e. The monoisotopic (exact) mass is 275 g/mol. The molecule has 0 unspecified atom stereocenters. The van der Waals surface area contributed by atoms with E-state index in [-0.39, 0.29) is 24.8 Å². The van der Waals surface area contributed by atoms with Gasteiger partial charge in [-0.05, 0) is 12.1 Å². The normalized spacial score (nSPS) is 19.2. The molecule has 1 aromatic carbocycles. The maximum absolute atomic E-state index is 12.3. The summed E-state index contributed by atoms with van der Waals surface area (Å²) >= 11 is 0. The molecule has 1 saturated heterocycles. The molecule has 0 radical (unpaired) electrons. The lowest BCUT2D eigenvalue weighted by Gasteiger charge is -2.30. The number of morpholine rings is 1. The molecule has 0 saturated carbocycles. The van der Waals surface area contributed by atoms with Gasteiger partial charge >= 0.3 is 5.97 Å². The van der Waals surface area contributed by atoms with Crippen molar-refractivity contribution in [3.63, 3.8) is 0 Å². The fraction of sp³-hybridized carbons (Fsp3) is 0.286. The van der Waals surface area contributed by atoms with E-state index in [0.717, 1.165) is 5.39 Å². The first-order chi connectivity index (χ1) is 9.65. The number of para-hydroxylation sites is 1. The third-order valence-corrected chi connectivity index (χ3v) is 3.27. The van der Waals surface area contributed by atoms with E-state index in [9.17, 15) is 9.59 Å². The Labute approximate surface area is 114 Å². The molecule has 1 fully saturated rings. The highest BCUT2D eigenvalue weighted by atomic mass is 16.5. The number of hydrogen-bond donors (Lipinski definition) is 1. The highest BCUT2D eigenvalue weighted by molar-refractivity contribution is 5.96. The minimum absolute atomic E-state index is 0.0329. The topological polar surface area (TPSA) is 80.0 Å². The fourth-order valence-corrected chi connectivity index (χ4v) is 2.23. The summed E-state index contributed by atoms with van der Waals surface area (Å²) in [4.78, 5) is 24.7. The number of carbonyl (C=O) groups is 2. The van der Waals surface area contributed by atoms with Crippen LogP contribution < -0.4 is 0 Å². The van der Waals surface area contributed by atoms with Crippen molar-refractivity contribution in [3.05, 3.63) is 36.1 Å². The van der Waals surface area contributed by atoms with E-state index in [1.165, 1.54) is 4.90 Å². The van der Waals surface area contributed by atoms with Crippen LogP contribution in [0.1, 0.15) is 10.6 Å². The van der Waals surface area contributed by atoms with E-state index in [1.54, 1.807) is 12.1 Å². The SMILES string of the molecule is O=C(O)[C@H]1CN(C(=O)c2cc3ccccc3o2)CCO1. The number of rotatable bonds is 2. The molecule has 2 heterocycles. The summed E-state index contributed by atoms with van der Waals surface area (Å²) in [5.74, 6) is -1.15. The second kappa shape index (κ2) is 4.97. The number of nitrogens with zero attached hydrogens (tertiary/aromatic N) is 1. The van der Waals surface area contributed by atoms with Crippen molar-refractivity contribution < 1.29 is 23.8 Å². The molecule has 104 valence electrons. The molecule has 1 N–H and O–H groups in total. The number of carboxylic acid groups (broad SMARTS) is 1. The molecule has 0 aliphatic carbocycles. The molecule has 1 atom stereocenters. The smallest absolute Gasteiger partial charge is 0.334 e. The lowest BCUT2D eigenvalue weighted by Crippen LogP contribution is -2.48. The standard InChI is InChI=1S/C14H13NO5/c16-13(15-5-6-19-12(8-15)14(17)18)11-7-9-3-1-2-4-10(9)20-11/h1-4,7,12H,5-6,8H2,(H,17,18)/t12-/m1/s1. The first kappa shape index (κ1) is 12.7. The van der Waals surface area contributed by atoms with Crippen molar-refractivity contribution in [1.82, 2.24) is 4.90 Å². The van der Waals surface area contributed by atoms with E-state index < -0.39 is 12.1 Å². The second-order valence-electron chi connectivity index (χ2n) is 4.60. The highest BCUT2D eigenvalue weighted by Gasteiger charge is 2.30. The van der Waals surface area contributed by atoms with Crippen molar-refractivity contribution >= 4 is 22.8 Å². The Hall–Kier alpha value is -2.34. The van der Waals surface area contributed by atoms with Crippen LogP contribution in [-0.2, 0) is 9.53 Å². The van der Waals surface area contributed by atoms with Crippen LogP contribution in [0.2, 0.25) is 0 Å².